The van der Waals surface area contributed by atoms with E-state index in [1.54, 1.807) is 30.4 Å². The van der Waals surface area contributed by atoms with Crippen molar-refractivity contribution in [3.63, 3.8) is 0 Å². The van der Waals surface area contributed by atoms with E-state index in [1.807, 2.05) is 0 Å². The summed E-state index contributed by atoms with van der Waals surface area (Å²) in [5.41, 5.74) is 4.50. The molecule has 0 aliphatic heterocycles. The Labute approximate surface area is 91.3 Å². The third-order valence-electron chi connectivity index (χ3n) is 1.65. The predicted octanol–water partition coefficient (Wildman–Crippen LogP) is 0.690. The van der Waals surface area contributed by atoms with Gasteiger partial charge in [0.15, 0.2) is 0 Å². The highest BCUT2D eigenvalue weighted by Crippen LogP contribution is 2.10. The summed E-state index contributed by atoms with van der Waals surface area (Å²) in [5.74, 6) is 0.150. The van der Waals surface area contributed by atoms with Crippen LogP contribution in [0, 0.1) is 18.3 Å². The predicted molar refractivity (Wildman–Crippen MR) is 54.8 cm³/mol. The number of furan rings is 1. The van der Waals surface area contributed by atoms with Crippen molar-refractivity contribution in [2.24, 2.45) is 5.73 Å². The molecule has 0 aromatic carbocycles. The van der Waals surface area contributed by atoms with Gasteiger partial charge in [-0.1, -0.05) is 0 Å². The number of carbonyl (C=O) groups excluding carboxylic acids is 2. The van der Waals surface area contributed by atoms with Gasteiger partial charge >= 0.3 is 6.03 Å². The Hall–Kier alpha value is -2.55. The maximum Gasteiger partial charge on any atom is 0.319 e. The molecule has 0 fully saturated rings. The van der Waals surface area contributed by atoms with E-state index in [0.717, 1.165) is 0 Å². The molecule has 1 aromatic rings. The number of hydrogen-bond donors (Lipinski definition) is 2. The zero-order chi connectivity index (χ0) is 12.1. The molecule has 16 heavy (non-hydrogen) atoms. The summed E-state index contributed by atoms with van der Waals surface area (Å²) < 4.78 is 5.15. The van der Waals surface area contributed by atoms with Gasteiger partial charge in [0.1, 0.15) is 23.2 Å². The van der Waals surface area contributed by atoms with Gasteiger partial charge in [0.05, 0.1) is 0 Å². The van der Waals surface area contributed by atoms with Crippen LogP contribution in [0.25, 0.3) is 6.08 Å². The molecule has 0 unspecified atom stereocenters. The summed E-state index contributed by atoms with van der Waals surface area (Å²) in [4.78, 5) is 21.7. The molecule has 0 aliphatic carbocycles. The number of nitrogens with zero attached hydrogens (tertiary/aromatic N) is 1. The van der Waals surface area contributed by atoms with Crippen molar-refractivity contribution in [1.82, 2.24) is 5.32 Å². The van der Waals surface area contributed by atoms with Crippen molar-refractivity contribution in [2.75, 3.05) is 0 Å². The van der Waals surface area contributed by atoms with E-state index >= 15 is 0 Å². The van der Waals surface area contributed by atoms with Gasteiger partial charge in [-0.05, 0) is 19.1 Å². The van der Waals surface area contributed by atoms with Crippen molar-refractivity contribution in [1.29, 1.82) is 5.26 Å². The first-order valence-electron chi connectivity index (χ1n) is 4.32. The molecule has 0 spiro atoms. The summed E-state index contributed by atoms with van der Waals surface area (Å²) >= 11 is 0. The lowest BCUT2D eigenvalue weighted by molar-refractivity contribution is -0.115. The Balaban J connectivity index is 2.91. The molecule has 0 radical (unpaired) electrons. The van der Waals surface area contributed by atoms with Crippen molar-refractivity contribution in [3.05, 3.63) is 29.2 Å². The van der Waals surface area contributed by atoms with Crippen molar-refractivity contribution < 1.29 is 14.0 Å². The van der Waals surface area contributed by atoms with Gasteiger partial charge in [0.25, 0.3) is 5.91 Å². The number of nitrogens with one attached hydrogen (secondary N) is 1. The quantitative estimate of drug-likeness (QED) is 0.563. The standard InChI is InChI=1S/C10H9N3O3/c1-6-2-3-8(16-6)4-7(5-11)9(14)13-10(12)15/h2-4H,1H3,(H3,12,13,14,15)/b7-4+. The minimum atomic E-state index is -1.01. The van der Waals surface area contributed by atoms with Crippen LogP contribution in [-0.4, -0.2) is 11.9 Å². The Morgan fingerprint density at radius 1 is 1.56 bits per heavy atom. The van der Waals surface area contributed by atoms with Crippen molar-refractivity contribution >= 4 is 18.0 Å². The third kappa shape index (κ3) is 2.99. The number of carbonyl (C=O) groups is 2. The van der Waals surface area contributed by atoms with Crippen molar-refractivity contribution in [2.45, 2.75) is 6.92 Å². The van der Waals surface area contributed by atoms with Gasteiger partial charge in [0, 0.05) is 6.08 Å². The first-order chi connectivity index (χ1) is 7.52. The smallest absolute Gasteiger partial charge is 0.319 e. The van der Waals surface area contributed by atoms with E-state index in [2.05, 4.69) is 0 Å². The van der Waals surface area contributed by atoms with Crippen LogP contribution in [0.15, 0.2) is 22.1 Å². The molecule has 82 valence electrons. The molecule has 0 saturated carbocycles. The number of nitrogens with two attached hydrogens (primary N) is 1. The molecule has 0 atom stereocenters. The number of urea groups is 1. The number of hydrogen-bond acceptors (Lipinski definition) is 4. The maximum atomic E-state index is 11.3. The zero-order valence-electron chi connectivity index (χ0n) is 8.48. The zero-order valence-corrected chi connectivity index (χ0v) is 8.48. The van der Waals surface area contributed by atoms with Crippen LogP contribution in [-0.2, 0) is 4.79 Å². The van der Waals surface area contributed by atoms with Crippen LogP contribution >= 0.6 is 0 Å². The molecule has 6 heteroatoms. The van der Waals surface area contributed by atoms with Gasteiger partial charge in [-0.2, -0.15) is 5.26 Å². The molecule has 1 rings (SSSR count). The van der Waals surface area contributed by atoms with Gasteiger partial charge in [-0.15, -0.1) is 0 Å². The molecular weight excluding hydrogens is 210 g/mol. The van der Waals surface area contributed by atoms with Gasteiger partial charge in [0.2, 0.25) is 0 Å². The summed E-state index contributed by atoms with van der Waals surface area (Å²) in [6.45, 7) is 1.73. The van der Waals surface area contributed by atoms with Crippen LogP contribution in [0.5, 0.6) is 0 Å². The maximum absolute atomic E-state index is 11.3. The van der Waals surface area contributed by atoms with E-state index in [4.69, 9.17) is 15.4 Å². The SMILES string of the molecule is Cc1ccc(/C=C(\C#N)C(=O)NC(N)=O)o1. The minimum absolute atomic E-state index is 0.256. The Morgan fingerprint density at radius 3 is 2.69 bits per heavy atom. The average molecular weight is 219 g/mol. The molecule has 1 heterocycles. The fraction of sp³-hybridized carbons (Fsp3) is 0.100. The Morgan fingerprint density at radius 2 is 2.25 bits per heavy atom. The molecule has 6 nitrogen and oxygen atoms in total. The highest BCUT2D eigenvalue weighted by molar-refractivity contribution is 6.08. The average Bonchev–Trinajstić information content (AvgIpc) is 2.59. The second-order valence-electron chi connectivity index (χ2n) is 2.94. The van der Waals surface area contributed by atoms with E-state index in [9.17, 15) is 9.59 Å². The summed E-state index contributed by atoms with van der Waals surface area (Å²) in [7, 11) is 0. The van der Waals surface area contributed by atoms with E-state index < -0.39 is 11.9 Å². The fourth-order valence-corrected chi connectivity index (χ4v) is 1.00. The number of primary amides is 1. The molecule has 3 amide bonds. The summed E-state index contributed by atoms with van der Waals surface area (Å²) in [6, 6.07) is 3.92. The van der Waals surface area contributed by atoms with Crippen LogP contribution < -0.4 is 11.1 Å². The fourth-order valence-electron chi connectivity index (χ4n) is 1.00. The number of amides is 3. The lowest BCUT2D eigenvalue weighted by atomic mass is 10.2. The van der Waals surface area contributed by atoms with Crippen LogP contribution in [0.2, 0.25) is 0 Å². The monoisotopic (exact) mass is 219 g/mol. The second-order valence-corrected chi connectivity index (χ2v) is 2.94. The number of imide groups is 1. The Kier molecular flexibility index (Phi) is 3.45. The van der Waals surface area contributed by atoms with Crippen LogP contribution in [0.4, 0.5) is 4.79 Å². The van der Waals surface area contributed by atoms with E-state index in [0.29, 0.717) is 11.5 Å². The van der Waals surface area contributed by atoms with E-state index in [-0.39, 0.29) is 5.57 Å². The van der Waals surface area contributed by atoms with Gasteiger partial charge in [-0.25, -0.2) is 4.79 Å². The summed E-state index contributed by atoms with van der Waals surface area (Å²) in [6.07, 6.45) is 1.23. The van der Waals surface area contributed by atoms with E-state index in [1.165, 1.54) is 6.08 Å². The van der Waals surface area contributed by atoms with Gasteiger partial charge in [-0.3, -0.25) is 10.1 Å². The van der Waals surface area contributed by atoms with Crippen LogP contribution in [0.3, 0.4) is 0 Å². The first-order valence-corrected chi connectivity index (χ1v) is 4.32. The molecule has 0 saturated heterocycles. The minimum Gasteiger partial charge on any atom is -0.462 e. The Bertz CT molecular complexity index is 494. The topological polar surface area (TPSA) is 109 Å². The molecule has 0 aliphatic rings. The van der Waals surface area contributed by atoms with Gasteiger partial charge < -0.3 is 10.2 Å². The highest BCUT2D eigenvalue weighted by atomic mass is 16.3. The lowest BCUT2D eigenvalue weighted by Gasteiger charge is -1.97. The second kappa shape index (κ2) is 4.79. The molecule has 0 bridgehead atoms. The summed E-state index contributed by atoms with van der Waals surface area (Å²) in [5, 5.41) is 10.5. The molecule has 3 N–H and O–H groups in total. The number of nitriles is 1. The van der Waals surface area contributed by atoms with Crippen LogP contribution in [0.1, 0.15) is 11.5 Å². The normalized spacial score (nSPS) is 10.6. The third-order valence-corrected chi connectivity index (χ3v) is 1.65. The largest absolute Gasteiger partial charge is 0.462 e. The molecular formula is C10H9N3O3. The van der Waals surface area contributed by atoms with Crippen molar-refractivity contribution in [3.8, 4) is 6.07 Å². The molecule has 1 aromatic heterocycles. The lowest BCUT2D eigenvalue weighted by Crippen LogP contribution is -2.35. The highest BCUT2D eigenvalue weighted by Gasteiger charge is 2.11. The number of rotatable bonds is 2. The first kappa shape index (κ1) is 11.5. The number of aryl methyl sites for hydroxylation is 1.